The van der Waals surface area contributed by atoms with E-state index in [4.69, 9.17) is 11.6 Å². The number of hydrogen-bond donors (Lipinski definition) is 0. The van der Waals surface area contributed by atoms with E-state index in [0.717, 1.165) is 24.0 Å². The molecular weight excluding hydrogens is 184 g/mol. The monoisotopic (exact) mass is 196 g/mol. The molecule has 0 saturated carbocycles. The Hall–Kier alpha value is -0.820. The summed E-state index contributed by atoms with van der Waals surface area (Å²) in [7, 11) is 0. The Bertz CT molecular complexity index is 296. The van der Waals surface area contributed by atoms with Gasteiger partial charge in [0, 0.05) is 5.56 Å². The molecule has 0 N–H and O–H groups in total. The van der Waals surface area contributed by atoms with Crippen LogP contribution < -0.4 is 0 Å². The van der Waals surface area contributed by atoms with Crippen molar-refractivity contribution in [2.75, 3.05) is 0 Å². The van der Waals surface area contributed by atoms with E-state index in [-0.39, 0.29) is 5.24 Å². The molecule has 13 heavy (non-hydrogen) atoms. The molecule has 0 aliphatic rings. The number of halogens is 1. The third kappa shape index (κ3) is 2.10. The summed E-state index contributed by atoms with van der Waals surface area (Å²) in [5.74, 6) is 0. The first-order chi connectivity index (χ1) is 6.20. The third-order valence-electron chi connectivity index (χ3n) is 2.20. The zero-order valence-corrected chi connectivity index (χ0v) is 8.69. The molecule has 0 saturated heterocycles. The molecule has 0 bridgehead atoms. The Kier molecular flexibility index (Phi) is 3.49. The largest absolute Gasteiger partial charge is 0.276 e. The minimum atomic E-state index is -0.339. The number of hydrogen-bond acceptors (Lipinski definition) is 1. The molecule has 1 rings (SSSR count). The zero-order chi connectivity index (χ0) is 9.84. The van der Waals surface area contributed by atoms with Crippen LogP contribution in [0.3, 0.4) is 0 Å². The average Bonchev–Trinajstić information content (AvgIpc) is 2.16. The van der Waals surface area contributed by atoms with Crippen molar-refractivity contribution in [3.05, 3.63) is 34.9 Å². The second-order valence-corrected chi connectivity index (χ2v) is 3.28. The van der Waals surface area contributed by atoms with Gasteiger partial charge in [0.25, 0.3) is 5.24 Å². The van der Waals surface area contributed by atoms with Gasteiger partial charge in [0.15, 0.2) is 0 Å². The summed E-state index contributed by atoms with van der Waals surface area (Å²) in [5.41, 5.74) is 2.79. The highest BCUT2D eigenvalue weighted by Crippen LogP contribution is 2.18. The van der Waals surface area contributed by atoms with Crippen molar-refractivity contribution in [3.63, 3.8) is 0 Å². The smallest absolute Gasteiger partial charge is 0.252 e. The van der Waals surface area contributed by atoms with Crippen molar-refractivity contribution in [1.29, 1.82) is 0 Å². The molecule has 0 radical (unpaired) electrons. The summed E-state index contributed by atoms with van der Waals surface area (Å²) in [6.45, 7) is 4.05. The van der Waals surface area contributed by atoms with Gasteiger partial charge in [-0.15, -0.1) is 0 Å². The molecule has 0 heterocycles. The fraction of sp³-hybridized carbons (Fsp3) is 0.364. The Morgan fingerprint density at radius 1 is 1.23 bits per heavy atom. The van der Waals surface area contributed by atoms with Crippen LogP contribution in [-0.2, 0) is 12.8 Å². The number of carbonyl (C=O) groups excluding carboxylic acids is 1. The van der Waals surface area contributed by atoms with Crippen LogP contribution in [0.1, 0.15) is 35.3 Å². The normalized spacial score (nSPS) is 10.1. The second kappa shape index (κ2) is 4.43. The Balaban J connectivity index is 3.29. The predicted octanol–water partition coefficient (Wildman–Crippen LogP) is 3.19. The van der Waals surface area contributed by atoms with E-state index in [1.54, 1.807) is 0 Å². The molecule has 1 nitrogen and oxygen atoms in total. The summed E-state index contributed by atoms with van der Waals surface area (Å²) >= 11 is 5.53. The van der Waals surface area contributed by atoms with Gasteiger partial charge >= 0.3 is 0 Å². The maximum absolute atomic E-state index is 11.2. The lowest BCUT2D eigenvalue weighted by Crippen LogP contribution is -2.01. The first kappa shape index (κ1) is 10.3. The summed E-state index contributed by atoms with van der Waals surface area (Å²) < 4.78 is 0. The molecule has 0 aliphatic heterocycles. The summed E-state index contributed by atoms with van der Waals surface area (Å²) in [4.78, 5) is 11.2. The first-order valence-electron chi connectivity index (χ1n) is 4.51. The van der Waals surface area contributed by atoms with E-state index in [0.29, 0.717) is 5.56 Å². The van der Waals surface area contributed by atoms with Gasteiger partial charge in [0.1, 0.15) is 0 Å². The minimum Gasteiger partial charge on any atom is -0.276 e. The Labute approximate surface area is 83.7 Å². The summed E-state index contributed by atoms with van der Waals surface area (Å²) in [6.07, 6.45) is 1.70. The summed E-state index contributed by atoms with van der Waals surface area (Å²) in [5, 5.41) is -0.339. The van der Waals surface area contributed by atoms with Crippen LogP contribution in [-0.4, -0.2) is 5.24 Å². The number of benzene rings is 1. The van der Waals surface area contributed by atoms with Crippen LogP contribution in [0.25, 0.3) is 0 Å². The van der Waals surface area contributed by atoms with Gasteiger partial charge in [-0.3, -0.25) is 4.79 Å². The van der Waals surface area contributed by atoms with E-state index in [2.05, 4.69) is 0 Å². The fourth-order valence-corrected chi connectivity index (χ4v) is 1.74. The topological polar surface area (TPSA) is 17.1 Å². The Morgan fingerprint density at radius 2 is 1.69 bits per heavy atom. The molecule has 0 unspecified atom stereocenters. The molecule has 2 heteroatoms. The molecule has 0 aliphatic carbocycles. The van der Waals surface area contributed by atoms with Crippen molar-refractivity contribution in [3.8, 4) is 0 Å². The van der Waals surface area contributed by atoms with Crippen molar-refractivity contribution >= 4 is 16.8 Å². The fourth-order valence-electron chi connectivity index (χ4n) is 1.50. The van der Waals surface area contributed by atoms with Crippen LogP contribution in [0.5, 0.6) is 0 Å². The second-order valence-electron chi connectivity index (χ2n) is 2.93. The number of carbonyl (C=O) groups is 1. The maximum Gasteiger partial charge on any atom is 0.252 e. The van der Waals surface area contributed by atoms with Crippen LogP contribution in [0.15, 0.2) is 18.2 Å². The molecule has 0 aromatic heterocycles. The molecule has 1 aromatic rings. The van der Waals surface area contributed by atoms with Crippen LogP contribution in [0, 0.1) is 0 Å². The van der Waals surface area contributed by atoms with Crippen molar-refractivity contribution in [2.24, 2.45) is 0 Å². The minimum absolute atomic E-state index is 0.339. The highest BCUT2D eigenvalue weighted by atomic mass is 35.5. The standard InChI is InChI=1S/C11H13ClO/c1-3-8-6-5-7-9(4-2)10(8)11(12)13/h5-7H,3-4H2,1-2H3. The van der Waals surface area contributed by atoms with Gasteiger partial charge in [-0.2, -0.15) is 0 Å². The Morgan fingerprint density at radius 3 is 2.00 bits per heavy atom. The van der Waals surface area contributed by atoms with Gasteiger partial charge in [0.05, 0.1) is 0 Å². The van der Waals surface area contributed by atoms with Crippen LogP contribution >= 0.6 is 11.6 Å². The van der Waals surface area contributed by atoms with Crippen molar-refractivity contribution in [2.45, 2.75) is 26.7 Å². The lowest BCUT2D eigenvalue weighted by Gasteiger charge is -2.07. The molecule has 1 aromatic carbocycles. The molecule has 0 atom stereocenters. The highest BCUT2D eigenvalue weighted by molar-refractivity contribution is 6.68. The van der Waals surface area contributed by atoms with Gasteiger partial charge < -0.3 is 0 Å². The van der Waals surface area contributed by atoms with E-state index in [9.17, 15) is 4.79 Å². The first-order valence-corrected chi connectivity index (χ1v) is 4.89. The SMILES string of the molecule is CCc1cccc(CC)c1C(=O)Cl. The van der Waals surface area contributed by atoms with Gasteiger partial charge in [-0.05, 0) is 35.6 Å². The molecule has 70 valence electrons. The quantitative estimate of drug-likeness (QED) is 0.679. The predicted molar refractivity (Wildman–Crippen MR) is 55.4 cm³/mol. The third-order valence-corrected chi connectivity index (χ3v) is 2.38. The zero-order valence-electron chi connectivity index (χ0n) is 7.93. The summed E-state index contributed by atoms with van der Waals surface area (Å²) in [6, 6.07) is 5.88. The van der Waals surface area contributed by atoms with Crippen LogP contribution in [0.2, 0.25) is 0 Å². The van der Waals surface area contributed by atoms with Gasteiger partial charge in [-0.25, -0.2) is 0 Å². The van der Waals surface area contributed by atoms with Crippen molar-refractivity contribution < 1.29 is 4.79 Å². The van der Waals surface area contributed by atoms with Gasteiger partial charge in [0.2, 0.25) is 0 Å². The lowest BCUT2D eigenvalue weighted by atomic mass is 9.99. The molecule has 0 amide bonds. The molecule has 0 fully saturated rings. The maximum atomic E-state index is 11.2. The number of aryl methyl sites for hydroxylation is 2. The van der Waals surface area contributed by atoms with E-state index < -0.39 is 0 Å². The van der Waals surface area contributed by atoms with E-state index >= 15 is 0 Å². The highest BCUT2D eigenvalue weighted by Gasteiger charge is 2.11. The average molecular weight is 197 g/mol. The number of rotatable bonds is 3. The van der Waals surface area contributed by atoms with E-state index in [1.807, 2.05) is 32.0 Å². The molecular formula is C11H13ClO. The van der Waals surface area contributed by atoms with E-state index in [1.165, 1.54) is 0 Å². The lowest BCUT2D eigenvalue weighted by molar-refractivity contribution is 0.108. The molecule has 0 spiro atoms. The van der Waals surface area contributed by atoms with Crippen LogP contribution in [0.4, 0.5) is 0 Å². The van der Waals surface area contributed by atoms with Crippen molar-refractivity contribution in [1.82, 2.24) is 0 Å². The van der Waals surface area contributed by atoms with Gasteiger partial charge in [-0.1, -0.05) is 32.0 Å².